The lowest BCUT2D eigenvalue weighted by atomic mass is 9.98. The summed E-state index contributed by atoms with van der Waals surface area (Å²) in [6.45, 7) is 1.69. The van der Waals surface area contributed by atoms with Gasteiger partial charge in [0.1, 0.15) is 5.82 Å². The molecule has 0 bridgehead atoms. The van der Waals surface area contributed by atoms with Gasteiger partial charge in [0.05, 0.1) is 28.2 Å². The van der Waals surface area contributed by atoms with Crippen molar-refractivity contribution in [3.8, 4) is 11.3 Å². The molecule has 1 aromatic heterocycles. The van der Waals surface area contributed by atoms with Crippen molar-refractivity contribution >= 4 is 26.8 Å². The Labute approximate surface area is 178 Å². The molecule has 1 amide bonds. The molecule has 0 aliphatic carbocycles. The van der Waals surface area contributed by atoms with Gasteiger partial charge in [-0.3, -0.25) is 4.79 Å². The first-order chi connectivity index (χ1) is 14.9. The van der Waals surface area contributed by atoms with Gasteiger partial charge in [0.25, 0.3) is 15.9 Å². The Morgan fingerprint density at radius 3 is 2.39 bits per heavy atom. The van der Waals surface area contributed by atoms with Gasteiger partial charge in [-0.05, 0) is 37.3 Å². The van der Waals surface area contributed by atoms with Crippen LogP contribution in [0.25, 0.3) is 22.2 Å². The number of carbonyl (C=O) groups excluding carboxylic acids is 1. The van der Waals surface area contributed by atoms with Gasteiger partial charge in [0.2, 0.25) is 0 Å². The van der Waals surface area contributed by atoms with E-state index in [0.29, 0.717) is 22.2 Å². The zero-order valence-electron chi connectivity index (χ0n) is 16.5. The van der Waals surface area contributed by atoms with Crippen LogP contribution in [0.15, 0.2) is 77.7 Å². The highest BCUT2D eigenvalue weighted by Gasteiger charge is 2.40. The minimum atomic E-state index is -4.09. The van der Waals surface area contributed by atoms with Crippen molar-refractivity contribution in [2.75, 3.05) is 0 Å². The Bertz CT molecular complexity index is 1450. The smallest absolute Gasteiger partial charge is 0.268 e. The van der Waals surface area contributed by atoms with Crippen LogP contribution >= 0.6 is 0 Å². The molecule has 4 aromatic rings. The number of benzene rings is 3. The van der Waals surface area contributed by atoms with Crippen LogP contribution in [0.1, 0.15) is 21.5 Å². The van der Waals surface area contributed by atoms with E-state index in [0.717, 1.165) is 15.4 Å². The molecular weight excluding hydrogens is 415 g/mol. The van der Waals surface area contributed by atoms with Crippen molar-refractivity contribution in [3.05, 3.63) is 95.3 Å². The second-order valence-electron chi connectivity index (χ2n) is 7.47. The Hall–Kier alpha value is -3.58. The molecule has 1 aliphatic heterocycles. The molecule has 0 N–H and O–H groups in total. The van der Waals surface area contributed by atoms with Crippen LogP contribution in [0, 0.1) is 12.7 Å². The number of aryl methyl sites for hydroxylation is 1. The average molecular weight is 432 g/mol. The summed E-state index contributed by atoms with van der Waals surface area (Å²) in [6, 6.07) is 19.6. The normalized spacial score (nSPS) is 13.6. The summed E-state index contributed by atoms with van der Waals surface area (Å²) >= 11 is 0. The minimum absolute atomic E-state index is 0.0314. The maximum absolute atomic E-state index is 14.0. The molecule has 2 heterocycles. The quantitative estimate of drug-likeness (QED) is 0.471. The second-order valence-corrected chi connectivity index (χ2v) is 9.33. The fraction of sp³-hybridized carbons (Fsp3) is 0.0833. The number of fused-ring (bicyclic) bond motifs is 3. The lowest BCUT2D eigenvalue weighted by Crippen LogP contribution is -2.31. The highest BCUT2D eigenvalue weighted by atomic mass is 32.2. The summed E-state index contributed by atoms with van der Waals surface area (Å²) in [5, 5.41) is 0.307. The van der Waals surface area contributed by atoms with Gasteiger partial charge < -0.3 is 0 Å². The predicted octanol–water partition coefficient (Wildman–Crippen LogP) is 4.69. The van der Waals surface area contributed by atoms with Crippen LogP contribution in [-0.2, 0) is 16.6 Å². The fourth-order valence-corrected chi connectivity index (χ4v) is 5.22. The fourth-order valence-electron chi connectivity index (χ4n) is 3.88. The number of sulfonamides is 1. The van der Waals surface area contributed by atoms with Gasteiger partial charge in [-0.2, -0.15) is 0 Å². The topological polar surface area (TPSA) is 67.3 Å². The Morgan fingerprint density at radius 1 is 0.968 bits per heavy atom. The minimum Gasteiger partial charge on any atom is -0.268 e. The Morgan fingerprint density at radius 2 is 1.68 bits per heavy atom. The van der Waals surface area contributed by atoms with Gasteiger partial charge in [-0.25, -0.2) is 22.1 Å². The molecule has 5 rings (SSSR count). The molecule has 0 spiro atoms. The summed E-state index contributed by atoms with van der Waals surface area (Å²) in [4.78, 5) is 18.1. The van der Waals surface area contributed by atoms with E-state index in [2.05, 4.69) is 4.98 Å². The Kier molecular flexibility index (Phi) is 4.37. The maximum Gasteiger partial charge on any atom is 0.269 e. The molecule has 1 aliphatic rings. The molecule has 0 fully saturated rings. The van der Waals surface area contributed by atoms with Crippen LogP contribution in [0.2, 0.25) is 0 Å². The van der Waals surface area contributed by atoms with Gasteiger partial charge in [-0.1, -0.05) is 48.0 Å². The average Bonchev–Trinajstić information content (AvgIpc) is 3.12. The summed E-state index contributed by atoms with van der Waals surface area (Å²) in [5.74, 6) is -1.19. The molecule has 7 heteroatoms. The van der Waals surface area contributed by atoms with E-state index >= 15 is 0 Å². The summed E-state index contributed by atoms with van der Waals surface area (Å²) < 4.78 is 41.4. The van der Waals surface area contributed by atoms with Crippen molar-refractivity contribution in [1.29, 1.82) is 0 Å². The molecule has 0 radical (unpaired) electrons. The van der Waals surface area contributed by atoms with Crippen LogP contribution in [0.4, 0.5) is 4.39 Å². The maximum atomic E-state index is 14.0. The Balaban J connectivity index is 1.74. The highest BCUT2D eigenvalue weighted by Crippen LogP contribution is 2.38. The van der Waals surface area contributed by atoms with Crippen molar-refractivity contribution in [1.82, 2.24) is 9.29 Å². The number of pyridine rings is 1. The molecular formula is C24H17FN2O3S. The number of amides is 1. The molecule has 0 atom stereocenters. The summed E-state index contributed by atoms with van der Waals surface area (Å²) in [5.41, 5.74) is 3.27. The number of hydrogen-bond donors (Lipinski definition) is 0. The molecule has 154 valence electrons. The van der Waals surface area contributed by atoms with E-state index in [1.807, 2.05) is 37.3 Å². The third kappa shape index (κ3) is 3.09. The number of aromatic nitrogens is 1. The predicted molar refractivity (Wildman–Crippen MR) is 115 cm³/mol. The first-order valence-corrected chi connectivity index (χ1v) is 11.1. The van der Waals surface area contributed by atoms with E-state index in [1.165, 1.54) is 30.3 Å². The third-order valence-corrected chi connectivity index (χ3v) is 7.19. The zero-order valence-corrected chi connectivity index (χ0v) is 17.4. The largest absolute Gasteiger partial charge is 0.269 e. The lowest BCUT2D eigenvalue weighted by molar-refractivity contribution is 0.0880. The number of nitrogens with zero attached hydrogens (tertiary/aromatic N) is 2. The number of halogens is 1. The summed E-state index contributed by atoms with van der Waals surface area (Å²) in [6.07, 6.45) is 0. The zero-order chi connectivity index (χ0) is 21.8. The number of hydrogen-bond acceptors (Lipinski definition) is 4. The van der Waals surface area contributed by atoms with E-state index in [4.69, 9.17) is 0 Å². The molecule has 3 aromatic carbocycles. The van der Waals surface area contributed by atoms with Gasteiger partial charge in [-0.15, -0.1) is 0 Å². The molecule has 0 saturated carbocycles. The monoisotopic (exact) mass is 432 g/mol. The van der Waals surface area contributed by atoms with Crippen LogP contribution in [-0.4, -0.2) is 23.6 Å². The van der Waals surface area contributed by atoms with Gasteiger partial charge >= 0.3 is 0 Å². The molecule has 5 nitrogen and oxygen atoms in total. The third-order valence-electron chi connectivity index (χ3n) is 5.45. The van der Waals surface area contributed by atoms with E-state index in [-0.39, 0.29) is 17.0 Å². The SMILES string of the molecule is Cc1ccc(S(=O)(=O)N2Cc3c(-c4ccccc4)nc4ccc(F)cc4c3C2=O)cc1. The van der Waals surface area contributed by atoms with Crippen LogP contribution < -0.4 is 0 Å². The van der Waals surface area contributed by atoms with E-state index < -0.39 is 21.7 Å². The first kappa shape index (κ1) is 19.4. The number of rotatable bonds is 3. The van der Waals surface area contributed by atoms with Gasteiger partial charge in [0.15, 0.2) is 0 Å². The second kappa shape index (κ2) is 6.99. The standard InChI is InChI=1S/C24H17FN2O3S/c1-15-7-10-18(11-8-15)31(29,30)27-14-20-22(24(27)28)19-13-17(25)9-12-21(19)26-23(20)16-5-3-2-4-6-16/h2-13H,14H2,1H3. The highest BCUT2D eigenvalue weighted by molar-refractivity contribution is 7.89. The van der Waals surface area contributed by atoms with Crippen molar-refractivity contribution in [2.24, 2.45) is 0 Å². The van der Waals surface area contributed by atoms with Crippen molar-refractivity contribution in [3.63, 3.8) is 0 Å². The van der Waals surface area contributed by atoms with E-state index in [1.54, 1.807) is 12.1 Å². The van der Waals surface area contributed by atoms with Crippen molar-refractivity contribution in [2.45, 2.75) is 18.4 Å². The lowest BCUT2D eigenvalue weighted by Gasteiger charge is -2.16. The van der Waals surface area contributed by atoms with E-state index in [9.17, 15) is 17.6 Å². The molecule has 0 unspecified atom stereocenters. The van der Waals surface area contributed by atoms with Crippen LogP contribution in [0.5, 0.6) is 0 Å². The molecule has 31 heavy (non-hydrogen) atoms. The van der Waals surface area contributed by atoms with Crippen molar-refractivity contribution < 1.29 is 17.6 Å². The first-order valence-electron chi connectivity index (χ1n) is 9.67. The summed E-state index contributed by atoms with van der Waals surface area (Å²) in [7, 11) is -4.09. The van der Waals surface area contributed by atoms with Crippen LogP contribution in [0.3, 0.4) is 0 Å². The van der Waals surface area contributed by atoms with Gasteiger partial charge in [0, 0.05) is 16.5 Å². The molecule has 0 saturated heterocycles. The number of carbonyl (C=O) groups is 1.